The Balaban J connectivity index is 1.56. The molecule has 2 saturated heterocycles. The maximum Gasteiger partial charge on any atom is 0.408 e. The number of aryl methyl sites for hydroxylation is 1. The molecule has 13 heteroatoms. The molecule has 0 unspecified atom stereocenters. The largest absolute Gasteiger partial charge is 0.458 e. The van der Waals surface area contributed by atoms with Crippen molar-refractivity contribution in [1.29, 1.82) is 0 Å². The lowest BCUT2D eigenvalue weighted by Gasteiger charge is -2.39. The van der Waals surface area contributed by atoms with E-state index < -0.39 is 59.1 Å². The van der Waals surface area contributed by atoms with E-state index in [1.807, 2.05) is 45.1 Å². The fraction of sp³-hybridized carbons (Fsp3) is 0.645. The number of tetrazole rings is 1. The van der Waals surface area contributed by atoms with Crippen LogP contribution < -0.4 is 5.32 Å². The molecular formula is C31H43N5O7S. The van der Waals surface area contributed by atoms with Gasteiger partial charge in [0.05, 0.1) is 30.2 Å². The number of thiophene rings is 1. The lowest BCUT2D eigenvalue weighted by atomic mass is 9.74. The van der Waals surface area contributed by atoms with Gasteiger partial charge in [0.15, 0.2) is 5.60 Å². The number of esters is 1. The van der Waals surface area contributed by atoms with Gasteiger partial charge in [-0.25, -0.2) is 4.79 Å². The van der Waals surface area contributed by atoms with Gasteiger partial charge in [0.1, 0.15) is 23.6 Å². The minimum Gasteiger partial charge on any atom is -0.458 e. The summed E-state index contributed by atoms with van der Waals surface area (Å²) in [5, 5.41) is 14.9. The minimum atomic E-state index is -1.29. The molecule has 4 rings (SSSR count). The van der Waals surface area contributed by atoms with Gasteiger partial charge in [0.2, 0.25) is 5.82 Å². The second kappa shape index (κ2) is 13.3. The second-order valence-electron chi connectivity index (χ2n) is 12.5. The topological polar surface area (TPSA) is 152 Å². The fourth-order valence-electron chi connectivity index (χ4n) is 6.51. The molecule has 1 N–H and O–H groups in total. The second-order valence-corrected chi connectivity index (χ2v) is 13.6. The Kier molecular flexibility index (Phi) is 10.1. The maximum absolute atomic E-state index is 13.8. The number of hydrogen-bond acceptors (Lipinski definition) is 11. The highest BCUT2D eigenvalue weighted by molar-refractivity contribution is 7.16. The van der Waals surface area contributed by atoms with Crippen LogP contribution in [0.1, 0.15) is 72.6 Å². The van der Waals surface area contributed by atoms with Gasteiger partial charge in [0, 0.05) is 22.6 Å². The van der Waals surface area contributed by atoms with Crippen LogP contribution in [0.15, 0.2) is 18.2 Å². The number of rotatable bonds is 6. The molecule has 44 heavy (non-hydrogen) atoms. The van der Waals surface area contributed by atoms with Crippen LogP contribution >= 0.6 is 11.3 Å². The predicted molar refractivity (Wildman–Crippen MR) is 163 cm³/mol. The van der Waals surface area contributed by atoms with Gasteiger partial charge in [-0.05, 0) is 63.5 Å². The summed E-state index contributed by atoms with van der Waals surface area (Å²) in [5.74, 6) is -3.12. The molecule has 2 aliphatic rings. The first-order valence-electron chi connectivity index (χ1n) is 15.1. The predicted octanol–water partition coefficient (Wildman–Crippen LogP) is 4.39. The van der Waals surface area contributed by atoms with Crippen molar-refractivity contribution in [2.75, 3.05) is 6.61 Å². The Morgan fingerprint density at radius 1 is 1.09 bits per heavy atom. The Morgan fingerprint density at radius 3 is 2.41 bits per heavy atom. The van der Waals surface area contributed by atoms with Crippen molar-refractivity contribution < 1.29 is 33.4 Å². The number of ether oxygens (including phenoxy) is 3. The minimum absolute atomic E-state index is 0.0771. The van der Waals surface area contributed by atoms with Crippen LogP contribution in [0.3, 0.4) is 0 Å². The molecule has 0 aromatic carbocycles. The number of alkyl carbamates (subject to hydrolysis) is 1. The van der Waals surface area contributed by atoms with Gasteiger partial charge in [-0.3, -0.25) is 14.4 Å². The summed E-state index contributed by atoms with van der Waals surface area (Å²) < 4.78 is 17.9. The molecule has 2 aromatic rings. The number of carbonyl (C=O) groups is 4. The Hall–Kier alpha value is -3.45. The van der Waals surface area contributed by atoms with Crippen molar-refractivity contribution in [3.63, 3.8) is 0 Å². The quantitative estimate of drug-likeness (QED) is 0.360. The van der Waals surface area contributed by atoms with Crippen molar-refractivity contribution in [3.8, 4) is 10.7 Å². The van der Waals surface area contributed by atoms with Gasteiger partial charge >= 0.3 is 12.1 Å². The highest BCUT2D eigenvalue weighted by Gasteiger charge is 2.56. The number of nitrogens with zero attached hydrogens (tertiary/aromatic N) is 4. The SMILES string of the molecule is CC[C@H]1OC(=O)[C@H](C)C(=O)[C@H](C)C[C@](C)(OC/C=C/c2ccc(-c3nnn(C)n3)s2)C[C@@H](C)C(=O)[C@H](C)[C@H]2NC(=O)O[C@@]21C. The summed E-state index contributed by atoms with van der Waals surface area (Å²) in [4.78, 5) is 56.2. The average Bonchev–Trinajstić information content (AvgIpc) is 3.70. The number of carbonyl (C=O) groups excluding carboxylic acids is 4. The summed E-state index contributed by atoms with van der Waals surface area (Å²) in [6, 6.07) is 3.17. The van der Waals surface area contributed by atoms with Crippen LogP contribution in [0.2, 0.25) is 0 Å². The van der Waals surface area contributed by atoms with E-state index >= 15 is 0 Å². The summed E-state index contributed by atoms with van der Waals surface area (Å²) in [5.41, 5.74) is -2.15. The number of fused-ring (bicyclic) bond motifs is 1. The van der Waals surface area contributed by atoms with Crippen LogP contribution in [0.4, 0.5) is 4.79 Å². The van der Waals surface area contributed by atoms with Gasteiger partial charge in [-0.1, -0.05) is 33.8 Å². The third-order valence-electron chi connectivity index (χ3n) is 8.81. The molecule has 0 bridgehead atoms. The highest BCUT2D eigenvalue weighted by Crippen LogP contribution is 2.38. The fourth-order valence-corrected chi connectivity index (χ4v) is 7.37. The number of aromatic nitrogens is 4. The number of cyclic esters (lactones) is 1. The van der Waals surface area contributed by atoms with Crippen molar-refractivity contribution >= 4 is 41.0 Å². The molecule has 12 nitrogen and oxygen atoms in total. The summed E-state index contributed by atoms with van der Waals surface area (Å²) in [7, 11) is 1.71. The molecule has 4 heterocycles. The lowest BCUT2D eigenvalue weighted by molar-refractivity contribution is -0.171. The zero-order valence-corrected chi connectivity index (χ0v) is 27.5. The molecule has 2 fully saturated rings. The van der Waals surface area contributed by atoms with Crippen LogP contribution in [0.5, 0.6) is 0 Å². The molecule has 0 radical (unpaired) electrons. The van der Waals surface area contributed by atoms with Gasteiger partial charge in [-0.15, -0.1) is 21.5 Å². The number of nitrogens with one attached hydrogen (secondary N) is 1. The zero-order valence-electron chi connectivity index (χ0n) is 26.7. The molecule has 0 aliphatic carbocycles. The summed E-state index contributed by atoms with van der Waals surface area (Å²) in [6.07, 6.45) is 3.31. The average molecular weight is 630 g/mol. The van der Waals surface area contributed by atoms with E-state index in [2.05, 4.69) is 20.7 Å². The number of amides is 1. The van der Waals surface area contributed by atoms with Gasteiger partial charge in [0.25, 0.3) is 0 Å². The van der Waals surface area contributed by atoms with Crippen LogP contribution in [-0.2, 0) is 35.6 Å². The standard InChI is InChI=1S/C31H43N5O7S/c1-9-23-31(7)26(32-29(40)43-31)19(4)24(37)17(2)15-30(6,16-18(3)25(38)20(5)28(39)42-23)41-14-10-11-21-12-13-22(44-21)27-33-35-36(8)34-27/h10-13,17-20,23,26H,9,14-16H2,1-8H3,(H,32,40)/b11-10+/t17-,18-,19+,20-,23-,26-,30-,31-/m1/s1. The highest BCUT2D eigenvalue weighted by atomic mass is 32.1. The molecule has 2 aliphatic heterocycles. The Labute approximate surface area is 261 Å². The van der Waals surface area contributed by atoms with E-state index in [1.54, 1.807) is 34.7 Å². The van der Waals surface area contributed by atoms with E-state index in [9.17, 15) is 19.2 Å². The third-order valence-corrected chi connectivity index (χ3v) is 9.86. The van der Waals surface area contributed by atoms with Crippen molar-refractivity contribution in [2.24, 2.45) is 30.7 Å². The molecule has 0 saturated carbocycles. The Bertz CT molecular complexity index is 1420. The number of Topliss-reactive ketones (excluding diaryl/α,β-unsaturated/α-hetero) is 2. The van der Waals surface area contributed by atoms with Crippen LogP contribution in [0.25, 0.3) is 16.8 Å². The molecule has 1 amide bonds. The van der Waals surface area contributed by atoms with Crippen LogP contribution in [-0.4, -0.2) is 73.8 Å². The van der Waals surface area contributed by atoms with E-state index in [0.717, 1.165) is 9.75 Å². The van der Waals surface area contributed by atoms with E-state index in [4.69, 9.17) is 14.2 Å². The first kappa shape index (κ1) is 33.4. The van der Waals surface area contributed by atoms with Gasteiger partial charge in [-0.2, -0.15) is 4.80 Å². The normalized spacial score (nSPS) is 33.9. The van der Waals surface area contributed by atoms with E-state index in [1.165, 1.54) is 16.1 Å². The van der Waals surface area contributed by atoms with Crippen molar-refractivity contribution in [1.82, 2.24) is 25.5 Å². The molecule has 8 atom stereocenters. The molecule has 2 aromatic heterocycles. The molecule has 240 valence electrons. The third kappa shape index (κ3) is 7.09. The first-order chi connectivity index (χ1) is 20.7. The van der Waals surface area contributed by atoms with Crippen LogP contribution in [0, 0.1) is 23.7 Å². The van der Waals surface area contributed by atoms with Crippen molar-refractivity contribution in [2.45, 2.75) is 91.1 Å². The van der Waals surface area contributed by atoms with E-state index in [-0.39, 0.29) is 18.2 Å². The molecule has 0 spiro atoms. The first-order valence-corrected chi connectivity index (χ1v) is 15.9. The van der Waals surface area contributed by atoms with E-state index in [0.29, 0.717) is 25.1 Å². The number of ketones is 2. The molecular weight excluding hydrogens is 586 g/mol. The zero-order chi connectivity index (χ0) is 32.4. The summed E-state index contributed by atoms with van der Waals surface area (Å²) in [6.45, 7) is 12.5. The lowest BCUT2D eigenvalue weighted by Crippen LogP contribution is -2.57. The van der Waals surface area contributed by atoms with Crippen molar-refractivity contribution in [3.05, 3.63) is 23.1 Å². The monoisotopic (exact) mass is 629 g/mol. The Morgan fingerprint density at radius 2 is 1.77 bits per heavy atom. The summed E-state index contributed by atoms with van der Waals surface area (Å²) >= 11 is 1.52. The maximum atomic E-state index is 13.8. The number of hydrogen-bond donors (Lipinski definition) is 1. The van der Waals surface area contributed by atoms with Gasteiger partial charge < -0.3 is 19.5 Å². The smallest absolute Gasteiger partial charge is 0.408 e.